The summed E-state index contributed by atoms with van der Waals surface area (Å²) in [7, 11) is -2.80. The van der Waals surface area contributed by atoms with Crippen LogP contribution in [0.4, 0.5) is 0 Å². The second kappa shape index (κ2) is 13.8. The number of aromatic nitrogens is 3. The fourth-order valence-corrected chi connectivity index (χ4v) is 16.1. The van der Waals surface area contributed by atoms with E-state index < -0.39 is 8.07 Å². The summed E-state index contributed by atoms with van der Waals surface area (Å²) in [6.45, 7) is 0. The Morgan fingerprint density at radius 2 is 0.831 bits per heavy atom. The van der Waals surface area contributed by atoms with Crippen LogP contribution in [0.25, 0.3) is 82.5 Å². The van der Waals surface area contributed by atoms with Gasteiger partial charge >= 0.3 is 0 Å². The molecule has 4 nitrogen and oxygen atoms in total. The quantitative estimate of drug-likeness (QED) is 0.121. The highest BCUT2D eigenvalue weighted by Gasteiger charge is 2.41. The Bertz CT molecular complexity index is 3940. The summed E-state index contributed by atoms with van der Waals surface area (Å²) in [5, 5.41) is 12.6. The van der Waals surface area contributed by atoms with Crippen molar-refractivity contribution < 1.29 is 4.74 Å². The Morgan fingerprint density at radius 1 is 0.292 bits per heavy atom. The van der Waals surface area contributed by atoms with Crippen LogP contribution in [-0.4, -0.2) is 21.8 Å². The molecule has 13 aromatic rings. The molecule has 0 spiro atoms. The molecule has 0 unspecified atom stereocenters. The number of fused-ring (bicyclic) bond motifs is 12. The molecule has 0 atom stereocenters. The predicted octanol–water partition coefficient (Wildman–Crippen LogP) is 12.5. The van der Waals surface area contributed by atoms with Crippen LogP contribution in [-0.2, 0) is 0 Å². The summed E-state index contributed by atoms with van der Waals surface area (Å²) in [6, 6.07) is 87.2. The van der Waals surface area contributed by atoms with Crippen LogP contribution in [0.1, 0.15) is 0 Å². The van der Waals surface area contributed by atoms with E-state index in [1.54, 1.807) is 0 Å². The standard InChI is InChI=1S/C60H39N3OSi/c1-4-20-42(21-5-1)65(43-22-6-2-7-23-43,44-24-8-3-9-25-44)45-26-18-19-40(37-45)61-53-32-15-12-29-49(53)58-55(61)36-35-48-46-27-10-13-30-51(46)62(60(48)58)41-38-50-47-28-11-14-31-52(47)63-54-33-16-17-34-56(54)64-57(39-41)59(50)63/h1-39H. The average molecular weight is 846 g/mol. The van der Waals surface area contributed by atoms with Crippen LogP contribution in [0.5, 0.6) is 11.5 Å². The van der Waals surface area contributed by atoms with E-state index in [9.17, 15) is 0 Å². The molecule has 0 amide bonds. The third-order valence-corrected chi connectivity index (χ3v) is 18.7. The molecule has 5 heteroatoms. The van der Waals surface area contributed by atoms with E-state index in [1.807, 2.05) is 0 Å². The van der Waals surface area contributed by atoms with Gasteiger partial charge in [-0.2, -0.15) is 0 Å². The van der Waals surface area contributed by atoms with E-state index in [4.69, 9.17) is 4.74 Å². The Hall–Kier alpha value is -8.38. The molecule has 3 aromatic heterocycles. The monoisotopic (exact) mass is 845 g/mol. The molecule has 0 N–H and O–H groups in total. The second-order valence-corrected chi connectivity index (χ2v) is 21.0. The zero-order valence-electron chi connectivity index (χ0n) is 35.3. The maximum atomic E-state index is 6.86. The van der Waals surface area contributed by atoms with Crippen molar-refractivity contribution in [2.75, 3.05) is 0 Å². The Balaban J connectivity index is 1.07. The first kappa shape index (κ1) is 36.1. The van der Waals surface area contributed by atoms with Crippen molar-refractivity contribution in [1.82, 2.24) is 13.7 Å². The van der Waals surface area contributed by atoms with Crippen LogP contribution in [0.3, 0.4) is 0 Å². The second-order valence-electron chi connectivity index (χ2n) is 17.2. The summed E-state index contributed by atoms with van der Waals surface area (Å²) >= 11 is 0. The summed E-state index contributed by atoms with van der Waals surface area (Å²) in [6.07, 6.45) is 0. The first-order chi connectivity index (χ1) is 32.3. The third-order valence-electron chi connectivity index (χ3n) is 13.9. The van der Waals surface area contributed by atoms with Crippen molar-refractivity contribution >= 4 is 94.2 Å². The maximum absolute atomic E-state index is 6.86. The minimum atomic E-state index is -2.80. The van der Waals surface area contributed by atoms with Crippen LogP contribution in [0.2, 0.25) is 0 Å². The van der Waals surface area contributed by atoms with Crippen LogP contribution in [0, 0.1) is 0 Å². The first-order valence-corrected chi connectivity index (χ1v) is 24.3. The van der Waals surface area contributed by atoms with E-state index in [0.29, 0.717) is 0 Å². The molecule has 0 saturated carbocycles. The van der Waals surface area contributed by atoms with E-state index in [0.717, 1.165) is 45.1 Å². The average Bonchev–Trinajstić information content (AvgIpc) is 4.02. The maximum Gasteiger partial charge on any atom is 0.179 e. The molecule has 0 saturated heterocycles. The number of benzene rings is 10. The highest BCUT2D eigenvalue weighted by Crippen LogP contribution is 2.48. The van der Waals surface area contributed by atoms with Crippen molar-refractivity contribution in [3.8, 4) is 28.6 Å². The highest BCUT2D eigenvalue weighted by molar-refractivity contribution is 7.19. The molecule has 1 aliphatic heterocycles. The molecule has 4 heterocycles. The lowest BCUT2D eigenvalue weighted by atomic mass is 10.1. The van der Waals surface area contributed by atoms with E-state index in [2.05, 4.69) is 250 Å². The molecule has 14 rings (SSSR count). The first-order valence-electron chi connectivity index (χ1n) is 22.3. The predicted molar refractivity (Wildman–Crippen MR) is 273 cm³/mol. The van der Waals surface area contributed by atoms with Crippen molar-refractivity contribution in [3.05, 3.63) is 237 Å². The third kappa shape index (κ3) is 5.01. The van der Waals surface area contributed by atoms with Gasteiger partial charge in [0.05, 0.1) is 44.5 Å². The number of rotatable bonds is 6. The van der Waals surface area contributed by atoms with E-state index in [-0.39, 0.29) is 0 Å². The van der Waals surface area contributed by atoms with Gasteiger partial charge in [-0.25, -0.2) is 0 Å². The normalized spacial score (nSPS) is 12.4. The zero-order valence-corrected chi connectivity index (χ0v) is 36.3. The number of ether oxygens (including phenoxy) is 1. The van der Waals surface area contributed by atoms with E-state index in [1.165, 1.54) is 69.6 Å². The number of para-hydroxylation sites is 5. The molecule has 0 radical (unpaired) electrons. The van der Waals surface area contributed by atoms with Crippen molar-refractivity contribution in [1.29, 1.82) is 0 Å². The molecular formula is C60H39N3OSi. The summed E-state index contributed by atoms with van der Waals surface area (Å²) in [4.78, 5) is 0. The van der Waals surface area contributed by atoms with Crippen molar-refractivity contribution in [3.63, 3.8) is 0 Å². The molecule has 0 fully saturated rings. The van der Waals surface area contributed by atoms with Crippen LogP contribution < -0.4 is 25.5 Å². The summed E-state index contributed by atoms with van der Waals surface area (Å²) in [5.41, 5.74) is 10.2. The van der Waals surface area contributed by atoms with Gasteiger partial charge < -0.3 is 18.4 Å². The summed E-state index contributed by atoms with van der Waals surface area (Å²) in [5.74, 6) is 1.71. The van der Waals surface area contributed by atoms with Crippen LogP contribution in [0.15, 0.2) is 237 Å². The van der Waals surface area contributed by atoms with Gasteiger partial charge in [0.25, 0.3) is 0 Å². The molecular weight excluding hydrogens is 807 g/mol. The molecule has 0 bridgehead atoms. The lowest BCUT2D eigenvalue weighted by Crippen LogP contribution is -2.74. The lowest BCUT2D eigenvalue weighted by Gasteiger charge is -2.34. The summed E-state index contributed by atoms with van der Waals surface area (Å²) < 4.78 is 14.2. The van der Waals surface area contributed by atoms with Gasteiger partial charge in [0, 0.05) is 44.1 Å². The SMILES string of the molecule is c1ccc([Si](c2ccccc2)(c2ccccc2)c2cccc(-n3c4ccccc4c4c3ccc3c5ccccc5n(-c5cc6c7c(c5)c5ccccc5n7-c5ccccc5O6)c34)c2)cc1. The van der Waals surface area contributed by atoms with Gasteiger partial charge in [-0.3, -0.25) is 0 Å². The van der Waals surface area contributed by atoms with Gasteiger partial charge in [0.1, 0.15) is 0 Å². The van der Waals surface area contributed by atoms with Gasteiger partial charge in [0.2, 0.25) is 0 Å². The smallest absolute Gasteiger partial charge is 0.179 e. The minimum Gasteiger partial charge on any atom is -0.453 e. The van der Waals surface area contributed by atoms with Crippen molar-refractivity contribution in [2.45, 2.75) is 0 Å². The fraction of sp³-hybridized carbons (Fsp3) is 0. The molecule has 0 aliphatic carbocycles. The zero-order chi connectivity index (χ0) is 42.6. The van der Waals surface area contributed by atoms with Crippen molar-refractivity contribution in [2.24, 2.45) is 0 Å². The Morgan fingerprint density at radius 3 is 1.51 bits per heavy atom. The van der Waals surface area contributed by atoms with Crippen LogP contribution >= 0.6 is 0 Å². The molecule has 304 valence electrons. The van der Waals surface area contributed by atoms with Gasteiger partial charge in [-0.15, -0.1) is 0 Å². The number of hydrogen-bond acceptors (Lipinski definition) is 1. The number of nitrogens with zero attached hydrogens (tertiary/aromatic N) is 3. The molecule has 65 heavy (non-hydrogen) atoms. The van der Waals surface area contributed by atoms with Gasteiger partial charge in [0.15, 0.2) is 19.6 Å². The molecule has 1 aliphatic rings. The Labute approximate surface area is 376 Å². The minimum absolute atomic E-state index is 0.854. The highest BCUT2D eigenvalue weighted by atomic mass is 28.3. The molecule has 10 aromatic carbocycles. The lowest BCUT2D eigenvalue weighted by molar-refractivity contribution is 0.476. The Kier molecular flexibility index (Phi) is 7.68. The van der Waals surface area contributed by atoms with Gasteiger partial charge in [-0.1, -0.05) is 176 Å². The van der Waals surface area contributed by atoms with E-state index >= 15 is 0 Å². The number of hydrogen-bond donors (Lipinski definition) is 0. The fourth-order valence-electron chi connectivity index (χ4n) is 11.3. The largest absolute Gasteiger partial charge is 0.453 e. The van der Waals surface area contributed by atoms with Gasteiger partial charge in [-0.05, 0) is 75.3 Å². The topological polar surface area (TPSA) is 24.0 Å².